The third kappa shape index (κ3) is 3.95. The molecule has 1 saturated heterocycles. The second kappa shape index (κ2) is 6.32. The third-order valence-electron chi connectivity index (χ3n) is 4.84. The summed E-state index contributed by atoms with van der Waals surface area (Å²) >= 11 is 0. The van der Waals surface area contributed by atoms with Crippen molar-refractivity contribution < 1.29 is 8.42 Å². The van der Waals surface area contributed by atoms with Gasteiger partial charge >= 0.3 is 0 Å². The molecule has 20 heavy (non-hydrogen) atoms. The highest BCUT2D eigenvalue weighted by Crippen LogP contribution is 2.23. The number of hydrogen-bond acceptors (Lipinski definition) is 4. The molecular formula is C15H32N2O2S. The van der Waals surface area contributed by atoms with E-state index in [0.29, 0.717) is 12.6 Å². The maximum atomic E-state index is 12.3. The average molecular weight is 304 g/mol. The smallest absolute Gasteiger partial charge is 0.156 e. The summed E-state index contributed by atoms with van der Waals surface area (Å²) in [5.41, 5.74) is 0.151. The first-order valence-corrected chi connectivity index (χ1v) is 9.43. The molecule has 0 saturated carbocycles. The molecule has 1 fully saturated rings. The van der Waals surface area contributed by atoms with E-state index in [9.17, 15) is 8.42 Å². The highest BCUT2D eigenvalue weighted by Gasteiger charge is 2.36. The molecule has 0 aliphatic carbocycles. The van der Waals surface area contributed by atoms with E-state index in [0.717, 1.165) is 25.9 Å². The molecule has 1 unspecified atom stereocenters. The molecule has 1 heterocycles. The fourth-order valence-corrected chi connectivity index (χ4v) is 3.75. The standard InChI is InChI=1S/C15H32N2O2S/c1-7-15(8-2)12-17(13(3)11-16-15)9-10-20(18,19)14(4,5)6/h13,16H,7-12H2,1-6H3. The maximum absolute atomic E-state index is 12.3. The number of piperazine rings is 1. The van der Waals surface area contributed by atoms with Crippen molar-refractivity contribution in [2.75, 3.05) is 25.4 Å². The highest BCUT2D eigenvalue weighted by molar-refractivity contribution is 7.92. The van der Waals surface area contributed by atoms with Gasteiger partial charge in [-0.15, -0.1) is 0 Å². The van der Waals surface area contributed by atoms with E-state index in [2.05, 4.69) is 31.0 Å². The van der Waals surface area contributed by atoms with Crippen molar-refractivity contribution >= 4 is 9.84 Å². The average Bonchev–Trinajstić information content (AvgIpc) is 2.37. The van der Waals surface area contributed by atoms with Crippen LogP contribution in [0.1, 0.15) is 54.4 Å². The SMILES string of the molecule is CCC1(CC)CN(CCS(=O)(=O)C(C)(C)C)C(C)CN1. The van der Waals surface area contributed by atoms with Gasteiger partial charge in [-0.25, -0.2) is 8.42 Å². The van der Waals surface area contributed by atoms with Crippen LogP contribution in [0.3, 0.4) is 0 Å². The molecule has 4 nitrogen and oxygen atoms in total. The van der Waals surface area contributed by atoms with Crippen LogP contribution < -0.4 is 5.32 Å². The molecule has 1 rings (SSSR count). The zero-order chi connectivity index (χ0) is 15.6. The normalized spacial score (nSPS) is 24.8. The van der Waals surface area contributed by atoms with Gasteiger partial charge in [0.15, 0.2) is 9.84 Å². The van der Waals surface area contributed by atoms with Gasteiger partial charge in [-0.3, -0.25) is 4.90 Å². The molecule has 0 spiro atoms. The zero-order valence-electron chi connectivity index (χ0n) is 14.0. The minimum atomic E-state index is -3.03. The third-order valence-corrected chi connectivity index (χ3v) is 7.42. The van der Waals surface area contributed by atoms with Crippen molar-refractivity contribution in [3.63, 3.8) is 0 Å². The molecule has 1 atom stereocenters. The van der Waals surface area contributed by atoms with Gasteiger partial charge in [0.25, 0.3) is 0 Å². The van der Waals surface area contributed by atoms with Gasteiger partial charge in [0, 0.05) is 31.2 Å². The Morgan fingerprint density at radius 2 is 1.80 bits per heavy atom. The molecule has 0 aromatic carbocycles. The van der Waals surface area contributed by atoms with Gasteiger partial charge in [-0.2, -0.15) is 0 Å². The zero-order valence-corrected chi connectivity index (χ0v) is 14.8. The summed E-state index contributed by atoms with van der Waals surface area (Å²) in [6.07, 6.45) is 2.16. The number of nitrogens with one attached hydrogen (secondary N) is 1. The van der Waals surface area contributed by atoms with E-state index < -0.39 is 14.6 Å². The van der Waals surface area contributed by atoms with Crippen molar-refractivity contribution in [1.82, 2.24) is 10.2 Å². The Bertz CT molecular complexity index is 408. The van der Waals surface area contributed by atoms with Crippen molar-refractivity contribution in [2.24, 2.45) is 0 Å². The van der Waals surface area contributed by atoms with Crippen LogP contribution in [0.15, 0.2) is 0 Å². The van der Waals surface area contributed by atoms with Gasteiger partial charge < -0.3 is 5.32 Å². The summed E-state index contributed by atoms with van der Waals surface area (Å²) in [6.45, 7) is 14.5. The van der Waals surface area contributed by atoms with Crippen LogP contribution in [0.2, 0.25) is 0 Å². The Labute approximate surface area is 125 Å². The van der Waals surface area contributed by atoms with Crippen molar-refractivity contribution in [3.8, 4) is 0 Å². The van der Waals surface area contributed by atoms with Crippen LogP contribution in [-0.2, 0) is 9.84 Å². The minimum Gasteiger partial charge on any atom is -0.308 e. The van der Waals surface area contributed by atoms with E-state index in [1.807, 2.05) is 0 Å². The summed E-state index contributed by atoms with van der Waals surface area (Å²) in [4.78, 5) is 2.34. The van der Waals surface area contributed by atoms with Gasteiger partial charge in [0.1, 0.15) is 0 Å². The van der Waals surface area contributed by atoms with Gasteiger partial charge in [0.05, 0.1) is 10.5 Å². The number of rotatable bonds is 5. The van der Waals surface area contributed by atoms with Crippen LogP contribution in [0, 0.1) is 0 Å². The summed E-state index contributed by atoms with van der Waals surface area (Å²) in [5.74, 6) is 0.254. The van der Waals surface area contributed by atoms with E-state index in [4.69, 9.17) is 0 Å². The van der Waals surface area contributed by atoms with E-state index in [1.165, 1.54) is 0 Å². The van der Waals surface area contributed by atoms with Crippen molar-refractivity contribution in [1.29, 1.82) is 0 Å². The Morgan fingerprint density at radius 1 is 1.25 bits per heavy atom. The lowest BCUT2D eigenvalue weighted by molar-refractivity contribution is 0.0863. The van der Waals surface area contributed by atoms with Gasteiger partial charge in [-0.05, 0) is 40.5 Å². The van der Waals surface area contributed by atoms with Crippen molar-refractivity contribution in [3.05, 3.63) is 0 Å². The number of sulfone groups is 1. The molecule has 120 valence electrons. The second-order valence-corrected chi connectivity index (χ2v) is 9.98. The fourth-order valence-electron chi connectivity index (χ4n) is 2.66. The monoisotopic (exact) mass is 304 g/mol. The van der Waals surface area contributed by atoms with Crippen LogP contribution in [-0.4, -0.2) is 55.0 Å². The first kappa shape index (κ1) is 17.9. The lowest BCUT2D eigenvalue weighted by Gasteiger charge is -2.46. The molecule has 1 N–H and O–H groups in total. The molecule has 1 aliphatic heterocycles. The Morgan fingerprint density at radius 3 is 2.25 bits per heavy atom. The second-order valence-electron chi connectivity index (χ2n) is 7.12. The first-order chi connectivity index (χ1) is 9.07. The van der Waals surface area contributed by atoms with E-state index in [-0.39, 0.29) is 11.3 Å². The van der Waals surface area contributed by atoms with Crippen molar-refractivity contribution in [2.45, 2.75) is 70.7 Å². The molecular weight excluding hydrogens is 272 g/mol. The molecule has 0 radical (unpaired) electrons. The van der Waals surface area contributed by atoms with Crippen LogP contribution >= 0.6 is 0 Å². The Kier molecular flexibility index (Phi) is 5.67. The predicted octanol–water partition coefficient (Wildman–Crippen LogP) is 2.05. The topological polar surface area (TPSA) is 49.4 Å². The predicted molar refractivity (Wildman–Crippen MR) is 85.9 cm³/mol. The largest absolute Gasteiger partial charge is 0.308 e. The van der Waals surface area contributed by atoms with Gasteiger partial charge in [-0.1, -0.05) is 13.8 Å². The van der Waals surface area contributed by atoms with Crippen LogP contribution in [0.25, 0.3) is 0 Å². The minimum absolute atomic E-state index is 0.151. The van der Waals surface area contributed by atoms with E-state index in [1.54, 1.807) is 20.8 Å². The van der Waals surface area contributed by atoms with E-state index >= 15 is 0 Å². The summed E-state index contributed by atoms with van der Waals surface area (Å²) in [5, 5.41) is 3.65. The molecule has 0 aromatic rings. The van der Waals surface area contributed by atoms with Crippen LogP contribution in [0.5, 0.6) is 0 Å². The molecule has 0 amide bonds. The summed E-state index contributed by atoms with van der Waals surface area (Å²) in [6, 6.07) is 0.399. The lowest BCUT2D eigenvalue weighted by Crippen LogP contribution is -2.63. The number of hydrogen-bond donors (Lipinski definition) is 1. The molecule has 0 aromatic heterocycles. The molecule has 0 bridgehead atoms. The molecule has 1 aliphatic rings. The highest BCUT2D eigenvalue weighted by atomic mass is 32.2. The number of nitrogens with zero attached hydrogens (tertiary/aromatic N) is 1. The lowest BCUT2D eigenvalue weighted by atomic mass is 9.89. The summed E-state index contributed by atoms with van der Waals surface area (Å²) in [7, 11) is -3.03. The fraction of sp³-hybridized carbons (Fsp3) is 1.00. The first-order valence-electron chi connectivity index (χ1n) is 7.78. The quantitative estimate of drug-likeness (QED) is 0.844. The van der Waals surface area contributed by atoms with Crippen LogP contribution in [0.4, 0.5) is 0 Å². The molecule has 5 heteroatoms. The van der Waals surface area contributed by atoms with Gasteiger partial charge in [0.2, 0.25) is 0 Å². The Hall–Kier alpha value is -0.130. The summed E-state index contributed by atoms with van der Waals surface area (Å²) < 4.78 is 23.9. The maximum Gasteiger partial charge on any atom is 0.156 e. The Balaban J connectivity index is 2.71.